The third-order valence-corrected chi connectivity index (χ3v) is 2.45. The average molecular weight is 219 g/mol. The summed E-state index contributed by atoms with van der Waals surface area (Å²) in [5.41, 5.74) is 0. The van der Waals surface area contributed by atoms with E-state index < -0.39 is 5.97 Å². The van der Waals surface area contributed by atoms with Gasteiger partial charge in [0.05, 0.1) is 0 Å². The van der Waals surface area contributed by atoms with Crippen LogP contribution >= 0.6 is 23.4 Å². The molecule has 1 aromatic rings. The minimum atomic E-state index is -1.07. The summed E-state index contributed by atoms with van der Waals surface area (Å²) >= 11 is 6.83. The summed E-state index contributed by atoms with van der Waals surface area (Å²) in [6, 6.07) is 3.00. The van der Waals surface area contributed by atoms with Gasteiger partial charge in [-0.05, 0) is 12.1 Å². The SMILES string of the molecule is C=C(Cl)CSc1ccc(C(=O)O)o1. The van der Waals surface area contributed by atoms with Crippen LogP contribution in [-0.4, -0.2) is 16.8 Å². The Morgan fingerprint density at radius 3 is 2.85 bits per heavy atom. The molecule has 0 aliphatic carbocycles. The molecule has 0 spiro atoms. The molecule has 70 valence electrons. The van der Waals surface area contributed by atoms with E-state index in [-0.39, 0.29) is 5.76 Å². The normalized spacial score (nSPS) is 9.92. The van der Waals surface area contributed by atoms with Crippen LogP contribution in [0, 0.1) is 0 Å². The Balaban J connectivity index is 2.59. The molecule has 13 heavy (non-hydrogen) atoms. The maximum Gasteiger partial charge on any atom is 0.371 e. The minimum absolute atomic E-state index is 0.0670. The molecule has 0 aromatic carbocycles. The fourth-order valence-electron chi connectivity index (χ4n) is 0.662. The van der Waals surface area contributed by atoms with E-state index >= 15 is 0 Å². The van der Waals surface area contributed by atoms with Gasteiger partial charge in [-0.25, -0.2) is 4.79 Å². The molecule has 0 radical (unpaired) electrons. The van der Waals surface area contributed by atoms with E-state index in [4.69, 9.17) is 21.1 Å². The minimum Gasteiger partial charge on any atom is -0.475 e. The zero-order valence-corrected chi connectivity index (χ0v) is 8.19. The molecule has 0 bridgehead atoms. The zero-order chi connectivity index (χ0) is 9.84. The van der Waals surface area contributed by atoms with E-state index in [0.29, 0.717) is 15.9 Å². The van der Waals surface area contributed by atoms with Crippen molar-refractivity contribution in [2.24, 2.45) is 0 Å². The zero-order valence-electron chi connectivity index (χ0n) is 6.62. The van der Waals surface area contributed by atoms with Gasteiger partial charge in [0.25, 0.3) is 0 Å². The second kappa shape index (κ2) is 4.39. The van der Waals surface area contributed by atoms with Gasteiger partial charge in [-0.1, -0.05) is 29.9 Å². The Morgan fingerprint density at radius 1 is 1.69 bits per heavy atom. The molecule has 0 amide bonds. The van der Waals surface area contributed by atoms with E-state index in [2.05, 4.69) is 6.58 Å². The Hall–Kier alpha value is -0.870. The maximum atomic E-state index is 10.4. The second-order valence-corrected chi connectivity index (χ2v) is 3.74. The van der Waals surface area contributed by atoms with Gasteiger partial charge in [-0.3, -0.25) is 0 Å². The Morgan fingerprint density at radius 2 is 2.38 bits per heavy atom. The summed E-state index contributed by atoms with van der Waals surface area (Å²) in [5, 5.41) is 9.55. The number of rotatable bonds is 4. The highest BCUT2D eigenvalue weighted by atomic mass is 35.5. The third kappa shape index (κ3) is 3.16. The van der Waals surface area contributed by atoms with Crippen molar-refractivity contribution in [3.05, 3.63) is 29.5 Å². The number of halogens is 1. The number of carboxylic acids is 1. The fraction of sp³-hybridized carbons (Fsp3) is 0.125. The van der Waals surface area contributed by atoms with Crippen molar-refractivity contribution >= 4 is 29.3 Å². The molecule has 1 aromatic heterocycles. The van der Waals surface area contributed by atoms with Gasteiger partial charge in [-0.15, -0.1) is 0 Å². The van der Waals surface area contributed by atoms with Crippen LogP contribution in [-0.2, 0) is 0 Å². The Bertz CT molecular complexity index is 332. The van der Waals surface area contributed by atoms with E-state index in [1.54, 1.807) is 6.07 Å². The molecule has 0 aliphatic rings. The van der Waals surface area contributed by atoms with Gasteiger partial charge < -0.3 is 9.52 Å². The second-order valence-electron chi connectivity index (χ2n) is 2.23. The summed E-state index contributed by atoms with van der Waals surface area (Å²) in [6.45, 7) is 3.50. The third-order valence-electron chi connectivity index (χ3n) is 1.16. The largest absolute Gasteiger partial charge is 0.475 e. The van der Waals surface area contributed by atoms with Crippen molar-refractivity contribution in [2.45, 2.75) is 5.09 Å². The molecule has 0 aliphatic heterocycles. The predicted octanol–water partition coefficient (Wildman–Crippen LogP) is 2.82. The molecule has 1 rings (SSSR count). The molecular formula is C8H7ClO3S. The number of carbonyl (C=O) groups is 1. The lowest BCUT2D eigenvalue weighted by Gasteiger charge is -1.93. The van der Waals surface area contributed by atoms with E-state index in [1.165, 1.54) is 17.8 Å². The summed E-state index contributed by atoms with van der Waals surface area (Å²) in [7, 11) is 0. The lowest BCUT2D eigenvalue weighted by molar-refractivity contribution is 0.0656. The molecule has 0 atom stereocenters. The molecule has 0 saturated carbocycles. The highest BCUT2D eigenvalue weighted by molar-refractivity contribution is 7.99. The monoisotopic (exact) mass is 218 g/mol. The van der Waals surface area contributed by atoms with Crippen molar-refractivity contribution in [3.8, 4) is 0 Å². The van der Waals surface area contributed by atoms with Gasteiger partial charge >= 0.3 is 5.97 Å². The summed E-state index contributed by atoms with van der Waals surface area (Å²) in [4.78, 5) is 10.4. The van der Waals surface area contributed by atoms with E-state index in [1.807, 2.05) is 0 Å². The molecular weight excluding hydrogens is 212 g/mol. The van der Waals surface area contributed by atoms with Crippen LogP contribution in [0.1, 0.15) is 10.6 Å². The Kier molecular flexibility index (Phi) is 3.45. The van der Waals surface area contributed by atoms with Crippen molar-refractivity contribution in [2.75, 3.05) is 5.75 Å². The summed E-state index contributed by atoms with van der Waals surface area (Å²) < 4.78 is 4.96. The first-order chi connectivity index (χ1) is 6.09. The number of carboxylic acid groups (broad SMARTS) is 1. The van der Waals surface area contributed by atoms with Crippen LogP contribution < -0.4 is 0 Å². The lowest BCUT2D eigenvalue weighted by atomic mass is 10.5. The lowest BCUT2D eigenvalue weighted by Crippen LogP contribution is -1.91. The molecule has 0 saturated heterocycles. The maximum absolute atomic E-state index is 10.4. The van der Waals surface area contributed by atoms with Crippen LogP contribution in [0.4, 0.5) is 0 Å². The van der Waals surface area contributed by atoms with Crippen molar-refractivity contribution in [1.29, 1.82) is 0 Å². The number of thioether (sulfide) groups is 1. The molecule has 0 fully saturated rings. The molecule has 5 heteroatoms. The number of aromatic carboxylic acids is 1. The highest BCUT2D eigenvalue weighted by Gasteiger charge is 2.08. The van der Waals surface area contributed by atoms with Crippen LogP contribution in [0.2, 0.25) is 0 Å². The number of furan rings is 1. The molecule has 1 heterocycles. The van der Waals surface area contributed by atoms with Gasteiger partial charge in [0.1, 0.15) is 0 Å². The topological polar surface area (TPSA) is 50.4 Å². The molecule has 3 nitrogen and oxygen atoms in total. The Labute approximate surface area is 84.4 Å². The summed E-state index contributed by atoms with van der Waals surface area (Å²) in [6.07, 6.45) is 0. The van der Waals surface area contributed by atoms with Gasteiger partial charge in [-0.2, -0.15) is 0 Å². The standard InChI is InChI=1S/C8H7ClO3S/c1-5(9)4-13-7-3-2-6(12-7)8(10)11/h2-3H,1,4H2,(H,10,11). The van der Waals surface area contributed by atoms with Crippen LogP contribution in [0.25, 0.3) is 0 Å². The van der Waals surface area contributed by atoms with Crippen LogP contribution in [0.3, 0.4) is 0 Å². The smallest absolute Gasteiger partial charge is 0.371 e. The van der Waals surface area contributed by atoms with Gasteiger partial charge in [0.2, 0.25) is 5.76 Å². The quantitative estimate of drug-likeness (QED) is 0.790. The van der Waals surface area contributed by atoms with E-state index in [9.17, 15) is 4.79 Å². The van der Waals surface area contributed by atoms with Crippen molar-refractivity contribution in [1.82, 2.24) is 0 Å². The summed E-state index contributed by atoms with van der Waals surface area (Å²) in [5.74, 6) is -0.632. The van der Waals surface area contributed by atoms with Gasteiger partial charge in [0, 0.05) is 10.8 Å². The first-order valence-electron chi connectivity index (χ1n) is 3.39. The van der Waals surface area contributed by atoms with Crippen molar-refractivity contribution in [3.63, 3.8) is 0 Å². The first kappa shape index (κ1) is 10.2. The van der Waals surface area contributed by atoms with Crippen molar-refractivity contribution < 1.29 is 14.3 Å². The van der Waals surface area contributed by atoms with Gasteiger partial charge in [0.15, 0.2) is 5.09 Å². The highest BCUT2D eigenvalue weighted by Crippen LogP contribution is 2.23. The molecule has 1 N–H and O–H groups in total. The number of hydrogen-bond donors (Lipinski definition) is 1. The van der Waals surface area contributed by atoms with E-state index in [0.717, 1.165) is 0 Å². The average Bonchev–Trinajstić information content (AvgIpc) is 2.48. The van der Waals surface area contributed by atoms with Crippen LogP contribution in [0.15, 0.2) is 33.3 Å². The number of hydrogen-bond acceptors (Lipinski definition) is 3. The predicted molar refractivity (Wildman–Crippen MR) is 51.4 cm³/mol. The first-order valence-corrected chi connectivity index (χ1v) is 4.75. The van der Waals surface area contributed by atoms with Crippen LogP contribution in [0.5, 0.6) is 0 Å². The molecule has 0 unspecified atom stereocenters. The fourth-order valence-corrected chi connectivity index (χ4v) is 1.44.